The lowest BCUT2D eigenvalue weighted by Crippen LogP contribution is -2.55. The summed E-state index contributed by atoms with van der Waals surface area (Å²) in [6.45, 7) is 14.1. The number of amides is 1. The molecule has 0 aromatic carbocycles. The standard InChI is InChI=1S/C52H74N4O16/c1-28(44-50(6,26-41(63)71-14)30(16-19-36(58)66-9)34(53-44)25-35-48(3,4)32(47(65)54-35)18-21-38(60)68-11)43-31(17-20-37(59)67-10)51(7,27-42(64)72-15)52(8,56-43)46-33(24-40(62)70-13)49(5,23-22-39(61)69-12)45(55-46)29(2)57/h25,30-33,46H,16-24,26-27H2,1-15H3,(H,54,65)/b35-25-,44-28-/t30-,31-,32-,33+,46-,49-,50+,51+,52+/m1/s1/i30+2,31+2,32+2,35+2,44+2,46+2,49+2,52+2. The number of ether oxygens (including phenoxy) is 7. The average molecular weight is 1030 g/mol. The van der Waals surface area contributed by atoms with Crippen LogP contribution in [-0.4, -0.2) is 132 Å². The molecule has 1 saturated heterocycles. The molecule has 0 saturated carbocycles. The summed E-state index contributed by atoms with van der Waals surface area (Å²) < 4.78 is 35.9. The number of nitrogens with one attached hydrogen (secondary N) is 1. The minimum absolute atomic E-state index is 0.00273. The van der Waals surface area contributed by atoms with Gasteiger partial charge in [-0.3, -0.25) is 58.1 Å². The van der Waals surface area contributed by atoms with Crippen molar-refractivity contribution in [1.82, 2.24) is 5.32 Å². The molecule has 20 nitrogen and oxygen atoms in total. The lowest BCUT2D eigenvalue weighted by Gasteiger charge is -2.48. The molecule has 0 spiro atoms. The maximum atomic E-state index is 13.9. The Kier molecular flexibility index (Phi) is 18.8. The second-order valence-corrected chi connectivity index (χ2v) is 20.6. The molecule has 0 unspecified atom stereocenters. The highest BCUT2D eigenvalue weighted by Gasteiger charge is 2.66. The molecule has 0 aromatic rings. The molecule has 1 amide bonds. The van der Waals surface area contributed by atoms with Crippen molar-refractivity contribution in [1.29, 1.82) is 0 Å². The third-order valence-corrected chi connectivity index (χ3v) is 16.4. The van der Waals surface area contributed by atoms with Crippen LogP contribution in [0.2, 0.25) is 0 Å². The van der Waals surface area contributed by atoms with Crippen molar-refractivity contribution in [3.05, 3.63) is 23.0 Å². The molecular formula is C52H74N4O16. The lowest BCUT2D eigenvalue weighted by atomic mass is 10.0. The summed E-state index contributed by atoms with van der Waals surface area (Å²) in [5.74, 6) is -7.62. The normalized spacial score (nSPS) is 30.6. The molecule has 4 rings (SSSR count). The largest absolute Gasteiger partial charge is 0.469 e. The number of allylic oxidation sites excluding steroid dienone is 4. The number of rotatable bonds is 22. The molecule has 0 aliphatic carbocycles. The second kappa shape index (κ2) is 23.2. The van der Waals surface area contributed by atoms with Gasteiger partial charge in [0, 0.05) is 95.1 Å². The maximum absolute atomic E-state index is 13.9. The van der Waals surface area contributed by atoms with Crippen LogP contribution in [0.15, 0.2) is 38.0 Å². The van der Waals surface area contributed by atoms with Gasteiger partial charge in [-0.2, -0.15) is 0 Å². The first kappa shape index (κ1) is 58.5. The first-order chi connectivity index (χ1) is 33.6. The van der Waals surface area contributed by atoms with Gasteiger partial charge in [0.05, 0.1) is 92.0 Å². The highest BCUT2D eigenvalue weighted by molar-refractivity contribution is 6.41. The van der Waals surface area contributed by atoms with Gasteiger partial charge < -0.3 is 38.5 Å². The number of methoxy groups -OCH3 is 7. The predicted molar refractivity (Wildman–Crippen MR) is 261 cm³/mol. The summed E-state index contributed by atoms with van der Waals surface area (Å²) in [4.78, 5) is 135. The smallest absolute Gasteiger partial charge is 0.306 e. The number of hydrogen-bond acceptors (Lipinski definition) is 19. The van der Waals surface area contributed by atoms with E-state index in [4.69, 9.17) is 48.1 Å². The van der Waals surface area contributed by atoms with Gasteiger partial charge in [0.15, 0.2) is 5.78 Å². The van der Waals surface area contributed by atoms with Crippen LogP contribution >= 0.6 is 0 Å². The minimum atomic E-state index is -1.50. The van der Waals surface area contributed by atoms with E-state index in [1.54, 1.807) is 26.8 Å². The summed E-state index contributed by atoms with van der Waals surface area (Å²) in [5.41, 5.74) is -3.95. The summed E-state index contributed by atoms with van der Waals surface area (Å²) >= 11 is 0. The molecule has 0 radical (unpaired) electrons. The monoisotopic (exact) mass is 1030 g/mol. The van der Waals surface area contributed by atoms with Gasteiger partial charge in [0.1, 0.15) is 0 Å². The molecule has 4 aliphatic rings. The fraction of sp³-hybridized carbons (Fsp3) is 0.692. The number of carbonyl (C=O) groups excluding carboxylic acids is 9. The maximum Gasteiger partial charge on any atom is 0.306 e. The van der Waals surface area contributed by atoms with Crippen molar-refractivity contribution in [2.75, 3.05) is 49.8 Å². The highest BCUT2D eigenvalue weighted by Crippen LogP contribution is 2.61. The van der Waals surface area contributed by atoms with Crippen molar-refractivity contribution in [2.24, 2.45) is 60.3 Å². The van der Waals surface area contributed by atoms with Crippen LogP contribution in [0, 0.1) is 45.3 Å². The van der Waals surface area contributed by atoms with Crippen LogP contribution < -0.4 is 5.32 Å². The van der Waals surface area contributed by atoms with Crippen LogP contribution in [-0.2, 0) is 76.3 Å². The Balaban J connectivity index is 2.17. The van der Waals surface area contributed by atoms with E-state index in [0.29, 0.717) is 28.4 Å². The third-order valence-electron chi connectivity index (χ3n) is 16.4. The molecule has 72 heavy (non-hydrogen) atoms. The average Bonchev–Trinajstić information content (AvgIpc) is 3.94. The van der Waals surface area contributed by atoms with E-state index in [2.05, 4.69) is 5.32 Å². The number of Topliss-reactive ketones (excluding diaryl/α,β-unsaturated/α-hetero) is 1. The molecule has 4 aliphatic heterocycles. The number of nitrogens with zero attached hydrogens (tertiary/aromatic N) is 3. The summed E-state index contributed by atoms with van der Waals surface area (Å²) in [7, 11) is 8.78. The Labute approximate surface area is 421 Å². The van der Waals surface area contributed by atoms with Crippen molar-refractivity contribution in [3.63, 3.8) is 0 Å². The zero-order valence-electron chi connectivity index (χ0n) is 44.6. The number of carbonyl (C=O) groups is 9. The zero-order chi connectivity index (χ0) is 54.3. The number of ketones is 1. The van der Waals surface area contributed by atoms with Crippen molar-refractivity contribution < 1.29 is 76.3 Å². The summed E-state index contributed by atoms with van der Waals surface area (Å²) in [5, 5.41) is 3.00. The van der Waals surface area contributed by atoms with Crippen LogP contribution in [0.3, 0.4) is 0 Å². The quantitative estimate of drug-likeness (QED) is 0.106. The van der Waals surface area contributed by atoms with E-state index in [1.165, 1.54) is 56.7 Å². The van der Waals surface area contributed by atoms with E-state index in [9.17, 15) is 43.2 Å². The molecular weight excluding hydrogens is 953 g/mol. The van der Waals surface area contributed by atoms with Crippen molar-refractivity contribution >= 4 is 70.6 Å². The van der Waals surface area contributed by atoms with Crippen LogP contribution in [0.5, 0.6) is 0 Å². The van der Waals surface area contributed by atoms with E-state index in [0.717, 1.165) is 0 Å². The van der Waals surface area contributed by atoms with E-state index in [-0.39, 0.29) is 82.2 Å². The first-order valence-corrected chi connectivity index (χ1v) is 24.1. The van der Waals surface area contributed by atoms with E-state index in [1.807, 2.05) is 27.7 Å². The molecule has 20 heteroatoms. The zero-order valence-corrected chi connectivity index (χ0v) is 44.6. The third kappa shape index (κ3) is 11.4. The van der Waals surface area contributed by atoms with Gasteiger partial charge >= 0.3 is 41.8 Å². The fourth-order valence-electron chi connectivity index (χ4n) is 11.8. The predicted octanol–water partition coefficient (Wildman–Crippen LogP) is 5.37. The molecule has 0 aromatic heterocycles. The van der Waals surface area contributed by atoms with Crippen LogP contribution in [0.25, 0.3) is 0 Å². The minimum Gasteiger partial charge on any atom is -0.469 e. The number of esters is 7. The van der Waals surface area contributed by atoms with Crippen LogP contribution in [0.4, 0.5) is 0 Å². The Morgan fingerprint density at radius 2 is 1.14 bits per heavy atom. The Morgan fingerprint density at radius 3 is 1.64 bits per heavy atom. The molecule has 9 atom stereocenters. The number of hydrogen-bond donors (Lipinski definition) is 1. The molecule has 398 valence electrons. The van der Waals surface area contributed by atoms with Gasteiger partial charge in [-0.15, -0.1) is 0 Å². The van der Waals surface area contributed by atoms with Crippen molar-refractivity contribution in [2.45, 2.75) is 138 Å². The van der Waals surface area contributed by atoms with Gasteiger partial charge in [-0.1, -0.05) is 34.6 Å². The summed E-state index contributed by atoms with van der Waals surface area (Å²) in [6, 6.07) is -1.04. The Hall–Kier alpha value is -6.08. The van der Waals surface area contributed by atoms with E-state index >= 15 is 0 Å². The van der Waals surface area contributed by atoms with Gasteiger partial charge in [0.25, 0.3) is 0 Å². The van der Waals surface area contributed by atoms with Gasteiger partial charge in [-0.25, -0.2) is 0 Å². The number of aliphatic imine (C=N–C) groups is 3. The first-order valence-electron chi connectivity index (χ1n) is 24.1. The Bertz CT molecular complexity index is 2360. The summed E-state index contributed by atoms with van der Waals surface area (Å²) in [6.07, 6.45) is 1.03. The topological polar surface area (TPSA) is 267 Å². The van der Waals surface area contributed by atoms with E-state index < -0.39 is 104 Å². The van der Waals surface area contributed by atoms with Crippen LogP contribution in [0.1, 0.15) is 126 Å². The molecule has 4 heterocycles. The van der Waals surface area contributed by atoms with Gasteiger partial charge in [0.2, 0.25) is 5.91 Å². The van der Waals surface area contributed by atoms with Crippen molar-refractivity contribution in [3.8, 4) is 0 Å². The fourth-order valence-corrected chi connectivity index (χ4v) is 11.8. The second-order valence-electron chi connectivity index (χ2n) is 20.6. The lowest BCUT2D eigenvalue weighted by molar-refractivity contribution is -0.147. The highest BCUT2D eigenvalue weighted by atomic mass is 16.5. The van der Waals surface area contributed by atoms with Gasteiger partial charge in [-0.05, 0) is 51.2 Å². The molecule has 1 N–H and O–H groups in total. The molecule has 1 fully saturated rings. The molecule has 0 bridgehead atoms. The SMILES string of the molecule is COC(=O)CC[14C@@H]1C(=O)N/[14C](=C\C2=N[14C](=C(/C)C3=N[14C@@](C)([14C@@H]4N=C(C(C)=O)[14C@](C)(CCC(=O)OC)[C@H]4CC(=O)OC)[C@@](C)(CC(=O)OC)[14C@@H]3CCC(=O)OC)/[C@@](C)(CC(=O)OC)[14C@@H]2CCC(=O)OC)C1(C)C. The Morgan fingerprint density at radius 1 is 0.667 bits per heavy atom.